The summed E-state index contributed by atoms with van der Waals surface area (Å²) in [5, 5.41) is 0. The van der Waals surface area contributed by atoms with Gasteiger partial charge < -0.3 is 0 Å². The largest absolute Gasteiger partial charge is 0.0988 e. The molecule has 0 aromatic carbocycles. The van der Waals surface area contributed by atoms with Crippen molar-refractivity contribution >= 4 is 11.6 Å². The van der Waals surface area contributed by atoms with Gasteiger partial charge in [0, 0.05) is 5.54 Å². The van der Waals surface area contributed by atoms with Gasteiger partial charge in [0.2, 0.25) is 0 Å². The third kappa shape index (κ3) is 4.28. The van der Waals surface area contributed by atoms with Gasteiger partial charge in [0.15, 0.2) is 0 Å². The molecule has 0 unspecified atom stereocenters. The van der Waals surface area contributed by atoms with Crippen LogP contribution in [0, 0.1) is 5.92 Å². The molecule has 0 bridgehead atoms. The van der Waals surface area contributed by atoms with Crippen LogP contribution in [-0.4, -0.2) is 0 Å². The molecule has 0 aliphatic carbocycles. The van der Waals surface area contributed by atoms with Gasteiger partial charge in [0.05, 0.1) is 0 Å². The number of hydrogen-bond acceptors (Lipinski definition) is 0. The standard InChI is InChI=1S/C8H13Cl/c1-4-8(6-9)5-7(2)3/h4,6-7H,1,5H2,2-3H3. The second-order valence-corrected chi connectivity index (χ2v) is 2.70. The zero-order chi connectivity index (χ0) is 7.28. The first-order chi connectivity index (χ1) is 4.20. The van der Waals surface area contributed by atoms with Gasteiger partial charge in [-0.15, -0.1) is 0 Å². The Labute approximate surface area is 62.2 Å². The maximum atomic E-state index is 5.48. The molecular weight excluding hydrogens is 132 g/mol. The quantitative estimate of drug-likeness (QED) is 0.533. The van der Waals surface area contributed by atoms with Crippen LogP contribution in [0.15, 0.2) is 23.8 Å². The fourth-order valence-electron chi connectivity index (χ4n) is 0.644. The van der Waals surface area contributed by atoms with Crippen LogP contribution < -0.4 is 0 Å². The van der Waals surface area contributed by atoms with E-state index in [1.807, 2.05) is 0 Å². The summed E-state index contributed by atoms with van der Waals surface area (Å²) < 4.78 is 0. The second kappa shape index (κ2) is 4.63. The third-order valence-corrected chi connectivity index (χ3v) is 1.33. The van der Waals surface area contributed by atoms with Gasteiger partial charge >= 0.3 is 0 Å². The molecule has 0 amide bonds. The Morgan fingerprint density at radius 2 is 2.22 bits per heavy atom. The van der Waals surface area contributed by atoms with Crippen molar-refractivity contribution in [2.24, 2.45) is 5.92 Å². The molecule has 0 aromatic rings. The van der Waals surface area contributed by atoms with Crippen molar-refractivity contribution in [1.82, 2.24) is 0 Å². The van der Waals surface area contributed by atoms with E-state index in [1.54, 1.807) is 11.6 Å². The smallest absolute Gasteiger partial charge is 0.00744 e. The zero-order valence-corrected chi connectivity index (χ0v) is 6.78. The van der Waals surface area contributed by atoms with E-state index in [0.29, 0.717) is 5.92 Å². The highest BCUT2D eigenvalue weighted by molar-refractivity contribution is 6.25. The van der Waals surface area contributed by atoms with Gasteiger partial charge in [-0.25, -0.2) is 0 Å². The lowest BCUT2D eigenvalue weighted by atomic mass is 10.1. The van der Waals surface area contributed by atoms with Gasteiger partial charge in [-0.1, -0.05) is 38.1 Å². The van der Waals surface area contributed by atoms with Gasteiger partial charge in [-0.2, -0.15) is 0 Å². The lowest BCUT2D eigenvalue weighted by molar-refractivity contribution is 0.651. The highest BCUT2D eigenvalue weighted by Gasteiger charge is 1.94. The Kier molecular flexibility index (Phi) is 4.51. The maximum Gasteiger partial charge on any atom is 0.00744 e. The fraction of sp³-hybridized carbons (Fsp3) is 0.500. The van der Waals surface area contributed by atoms with E-state index in [-0.39, 0.29) is 0 Å². The monoisotopic (exact) mass is 144 g/mol. The number of halogens is 1. The molecule has 0 aliphatic heterocycles. The minimum absolute atomic E-state index is 0.660. The van der Waals surface area contributed by atoms with Crippen molar-refractivity contribution in [3.05, 3.63) is 23.8 Å². The Morgan fingerprint density at radius 1 is 1.67 bits per heavy atom. The molecule has 0 aromatic heterocycles. The summed E-state index contributed by atoms with van der Waals surface area (Å²) in [5.41, 5.74) is 2.71. The topological polar surface area (TPSA) is 0 Å². The summed E-state index contributed by atoms with van der Waals surface area (Å²) in [6.07, 6.45) is 2.82. The van der Waals surface area contributed by atoms with Crippen molar-refractivity contribution < 1.29 is 0 Å². The van der Waals surface area contributed by atoms with Crippen molar-refractivity contribution in [2.75, 3.05) is 0 Å². The minimum Gasteiger partial charge on any atom is -0.0988 e. The van der Waals surface area contributed by atoms with Crippen molar-refractivity contribution in [3.8, 4) is 0 Å². The highest BCUT2D eigenvalue weighted by Crippen LogP contribution is 2.11. The van der Waals surface area contributed by atoms with Crippen LogP contribution in [0.1, 0.15) is 20.3 Å². The van der Waals surface area contributed by atoms with E-state index < -0.39 is 0 Å². The average molecular weight is 145 g/mol. The predicted octanol–water partition coefficient (Wildman–Crippen LogP) is 3.34. The molecule has 0 spiro atoms. The molecule has 0 saturated heterocycles. The number of allylic oxidation sites excluding steroid dienone is 2. The van der Waals surface area contributed by atoms with Crippen LogP contribution in [-0.2, 0) is 0 Å². The van der Waals surface area contributed by atoms with Crippen molar-refractivity contribution in [3.63, 3.8) is 0 Å². The molecule has 0 atom stereocenters. The first-order valence-corrected chi connectivity index (χ1v) is 3.56. The normalized spacial score (nSPS) is 12.2. The van der Waals surface area contributed by atoms with Crippen LogP contribution >= 0.6 is 11.6 Å². The number of rotatable bonds is 3. The molecule has 9 heavy (non-hydrogen) atoms. The van der Waals surface area contributed by atoms with E-state index in [1.165, 1.54) is 0 Å². The third-order valence-electron chi connectivity index (χ3n) is 1.05. The number of hydrogen-bond donors (Lipinski definition) is 0. The minimum atomic E-state index is 0.660. The first-order valence-electron chi connectivity index (χ1n) is 3.12. The Balaban J connectivity index is 3.71. The Morgan fingerprint density at radius 3 is 2.33 bits per heavy atom. The molecule has 0 heterocycles. The molecule has 0 radical (unpaired) electrons. The Hall–Kier alpha value is -0.230. The Bertz CT molecular complexity index is 112. The van der Waals surface area contributed by atoms with Crippen LogP contribution in [0.25, 0.3) is 0 Å². The molecule has 0 nitrogen and oxygen atoms in total. The molecule has 52 valence electrons. The molecule has 0 saturated carbocycles. The summed E-state index contributed by atoms with van der Waals surface area (Å²) in [6.45, 7) is 7.95. The van der Waals surface area contributed by atoms with Crippen LogP contribution in [0.4, 0.5) is 0 Å². The molecule has 0 aliphatic rings. The van der Waals surface area contributed by atoms with Crippen molar-refractivity contribution in [1.29, 1.82) is 0 Å². The van der Waals surface area contributed by atoms with Crippen LogP contribution in [0.3, 0.4) is 0 Å². The second-order valence-electron chi connectivity index (χ2n) is 2.49. The van der Waals surface area contributed by atoms with Crippen LogP contribution in [0.5, 0.6) is 0 Å². The maximum absolute atomic E-state index is 5.48. The van der Waals surface area contributed by atoms with Gasteiger partial charge in [0.25, 0.3) is 0 Å². The highest BCUT2D eigenvalue weighted by atomic mass is 35.5. The van der Waals surface area contributed by atoms with E-state index >= 15 is 0 Å². The van der Waals surface area contributed by atoms with E-state index in [9.17, 15) is 0 Å². The van der Waals surface area contributed by atoms with Gasteiger partial charge in [-0.05, 0) is 17.9 Å². The SMILES string of the molecule is C=CC(=CCl)CC(C)C. The predicted molar refractivity (Wildman–Crippen MR) is 43.6 cm³/mol. The van der Waals surface area contributed by atoms with E-state index in [4.69, 9.17) is 11.6 Å². The lowest BCUT2D eigenvalue weighted by Gasteiger charge is -2.02. The fourth-order valence-corrected chi connectivity index (χ4v) is 0.822. The zero-order valence-electron chi connectivity index (χ0n) is 6.02. The average Bonchev–Trinajstić information content (AvgIpc) is 1.82. The molecular formula is C8H13Cl. The van der Waals surface area contributed by atoms with Crippen LogP contribution in [0.2, 0.25) is 0 Å². The van der Waals surface area contributed by atoms with Gasteiger partial charge in [-0.3, -0.25) is 0 Å². The summed E-state index contributed by atoms with van der Waals surface area (Å²) in [5.74, 6) is 0.660. The first kappa shape index (κ1) is 8.77. The van der Waals surface area contributed by atoms with E-state index in [2.05, 4.69) is 20.4 Å². The molecule has 0 N–H and O–H groups in total. The molecule has 1 heteroatoms. The molecule has 0 fully saturated rings. The summed E-state index contributed by atoms with van der Waals surface area (Å²) in [7, 11) is 0. The summed E-state index contributed by atoms with van der Waals surface area (Å²) >= 11 is 5.48. The van der Waals surface area contributed by atoms with Crippen molar-refractivity contribution in [2.45, 2.75) is 20.3 Å². The van der Waals surface area contributed by atoms with E-state index in [0.717, 1.165) is 12.0 Å². The summed E-state index contributed by atoms with van der Waals surface area (Å²) in [4.78, 5) is 0. The lowest BCUT2D eigenvalue weighted by Crippen LogP contribution is -1.87. The molecule has 0 rings (SSSR count). The van der Waals surface area contributed by atoms with Gasteiger partial charge in [0.1, 0.15) is 0 Å². The summed E-state index contributed by atoms with van der Waals surface area (Å²) in [6, 6.07) is 0.